The average Bonchev–Trinajstić information content (AvgIpc) is 3.28. The van der Waals surface area contributed by atoms with Crippen LogP contribution in [0.2, 0.25) is 5.02 Å². The molecule has 0 N–H and O–H groups in total. The van der Waals surface area contributed by atoms with Crippen LogP contribution in [0.3, 0.4) is 0 Å². The molecule has 9 heteroatoms. The standard InChI is InChI=1S/C21H20ClN3OS3.ClH/c1-24(2)10-11-25(21-23-15-9-8-13(27-3)12-17(15)29-21)20(26)19-18(22)14-6-4-5-7-16(14)28-19;/h4-9,12H,10-11H2,1-3H3;1H. The lowest BCUT2D eigenvalue weighted by molar-refractivity contribution is 0.0989. The van der Waals surface area contributed by atoms with E-state index in [2.05, 4.69) is 23.3 Å². The van der Waals surface area contributed by atoms with Gasteiger partial charge in [0, 0.05) is 28.1 Å². The zero-order chi connectivity index (χ0) is 20.5. The number of anilines is 1. The first-order valence-corrected chi connectivity index (χ1v) is 12.3. The Bertz CT molecular complexity index is 1190. The van der Waals surface area contributed by atoms with Crippen molar-refractivity contribution in [2.75, 3.05) is 38.3 Å². The Balaban J connectivity index is 0.00000256. The molecular weight excluding hydrogens is 477 g/mol. The number of halogens is 2. The monoisotopic (exact) mass is 497 g/mol. The molecular formula is C21H21Cl2N3OS3. The summed E-state index contributed by atoms with van der Waals surface area (Å²) in [5.74, 6) is -0.0952. The van der Waals surface area contributed by atoms with Crippen LogP contribution in [0.15, 0.2) is 47.4 Å². The van der Waals surface area contributed by atoms with Crippen molar-refractivity contribution < 1.29 is 4.79 Å². The lowest BCUT2D eigenvalue weighted by Gasteiger charge is -2.21. The molecule has 0 aliphatic carbocycles. The van der Waals surface area contributed by atoms with Crippen molar-refractivity contribution >= 4 is 89.8 Å². The number of fused-ring (bicyclic) bond motifs is 2. The number of benzene rings is 2. The summed E-state index contributed by atoms with van der Waals surface area (Å²) < 4.78 is 2.10. The van der Waals surface area contributed by atoms with E-state index in [0.29, 0.717) is 21.6 Å². The molecule has 158 valence electrons. The number of nitrogens with zero attached hydrogens (tertiary/aromatic N) is 3. The molecule has 0 fully saturated rings. The molecule has 4 aromatic rings. The van der Waals surface area contributed by atoms with E-state index in [9.17, 15) is 4.79 Å². The van der Waals surface area contributed by atoms with E-state index in [1.165, 1.54) is 16.2 Å². The van der Waals surface area contributed by atoms with Crippen LogP contribution < -0.4 is 4.90 Å². The molecule has 2 heterocycles. The number of carbonyl (C=O) groups is 1. The first-order chi connectivity index (χ1) is 14.0. The first kappa shape index (κ1) is 23.3. The lowest BCUT2D eigenvalue weighted by Crippen LogP contribution is -2.36. The van der Waals surface area contributed by atoms with E-state index in [0.717, 1.165) is 26.8 Å². The highest BCUT2D eigenvalue weighted by Gasteiger charge is 2.26. The Labute approximate surface area is 199 Å². The highest BCUT2D eigenvalue weighted by Crippen LogP contribution is 2.38. The van der Waals surface area contributed by atoms with Crippen molar-refractivity contribution in [1.29, 1.82) is 0 Å². The van der Waals surface area contributed by atoms with E-state index in [-0.39, 0.29) is 18.3 Å². The summed E-state index contributed by atoms with van der Waals surface area (Å²) >= 11 is 11.3. The van der Waals surface area contributed by atoms with Crippen molar-refractivity contribution in [1.82, 2.24) is 9.88 Å². The van der Waals surface area contributed by atoms with E-state index in [1.807, 2.05) is 44.4 Å². The molecule has 0 saturated heterocycles. The summed E-state index contributed by atoms with van der Waals surface area (Å²) in [5, 5.41) is 2.15. The summed E-state index contributed by atoms with van der Waals surface area (Å²) in [5.41, 5.74) is 0.910. The van der Waals surface area contributed by atoms with Crippen molar-refractivity contribution in [2.24, 2.45) is 0 Å². The minimum atomic E-state index is -0.0952. The Morgan fingerprint density at radius 2 is 1.87 bits per heavy atom. The molecule has 0 spiro atoms. The van der Waals surface area contributed by atoms with Gasteiger partial charge in [0.25, 0.3) is 5.91 Å². The highest BCUT2D eigenvalue weighted by atomic mass is 35.5. The summed E-state index contributed by atoms with van der Waals surface area (Å²) in [7, 11) is 4.00. The number of hydrogen-bond acceptors (Lipinski definition) is 6. The van der Waals surface area contributed by atoms with Gasteiger partial charge >= 0.3 is 0 Å². The van der Waals surface area contributed by atoms with Crippen LogP contribution in [0.5, 0.6) is 0 Å². The number of amides is 1. The fraction of sp³-hybridized carbons (Fsp3) is 0.238. The summed E-state index contributed by atoms with van der Waals surface area (Å²) in [6.45, 7) is 1.28. The second-order valence-corrected chi connectivity index (χ2v) is 10.2. The number of carbonyl (C=O) groups excluding carboxylic acids is 1. The Hall–Kier alpha value is -1.35. The van der Waals surface area contributed by atoms with Crippen LogP contribution in [-0.2, 0) is 0 Å². The molecule has 0 atom stereocenters. The van der Waals surface area contributed by atoms with Crippen LogP contribution in [0, 0.1) is 0 Å². The first-order valence-electron chi connectivity index (χ1n) is 9.06. The van der Waals surface area contributed by atoms with E-state index >= 15 is 0 Å². The smallest absolute Gasteiger partial charge is 0.271 e. The molecule has 0 saturated carbocycles. The van der Waals surface area contributed by atoms with Gasteiger partial charge < -0.3 is 4.90 Å². The fourth-order valence-corrected chi connectivity index (χ4v) is 6.00. The highest BCUT2D eigenvalue weighted by molar-refractivity contribution is 7.98. The van der Waals surface area contributed by atoms with Gasteiger partial charge in [-0.3, -0.25) is 9.69 Å². The van der Waals surface area contributed by atoms with Gasteiger partial charge in [-0.2, -0.15) is 0 Å². The third-order valence-electron chi connectivity index (χ3n) is 4.56. The molecule has 2 aromatic heterocycles. The maximum absolute atomic E-state index is 13.5. The van der Waals surface area contributed by atoms with Crippen LogP contribution in [0.1, 0.15) is 9.67 Å². The third-order valence-corrected chi connectivity index (χ3v) is 7.99. The van der Waals surface area contributed by atoms with Gasteiger partial charge in [0.05, 0.1) is 15.2 Å². The molecule has 0 radical (unpaired) electrons. The number of thiazole rings is 1. The fourth-order valence-electron chi connectivity index (χ4n) is 2.99. The van der Waals surface area contributed by atoms with Gasteiger partial charge in [0.15, 0.2) is 5.13 Å². The van der Waals surface area contributed by atoms with Gasteiger partial charge in [0.1, 0.15) is 4.88 Å². The zero-order valence-electron chi connectivity index (χ0n) is 16.7. The quantitative estimate of drug-likeness (QED) is 0.284. The summed E-state index contributed by atoms with van der Waals surface area (Å²) in [6.07, 6.45) is 2.06. The number of likely N-dealkylation sites (N-methyl/N-ethyl adjacent to an activating group) is 1. The topological polar surface area (TPSA) is 36.4 Å². The second-order valence-electron chi connectivity index (χ2n) is 6.83. The normalized spacial score (nSPS) is 11.2. The van der Waals surface area contributed by atoms with Crippen LogP contribution in [0.25, 0.3) is 20.3 Å². The number of thiophene rings is 1. The number of aromatic nitrogens is 1. The van der Waals surface area contributed by atoms with E-state index in [4.69, 9.17) is 16.6 Å². The Morgan fingerprint density at radius 3 is 2.57 bits per heavy atom. The van der Waals surface area contributed by atoms with Gasteiger partial charge in [0.2, 0.25) is 0 Å². The number of thioether (sulfide) groups is 1. The van der Waals surface area contributed by atoms with Crippen molar-refractivity contribution in [3.8, 4) is 0 Å². The second kappa shape index (κ2) is 9.85. The predicted molar refractivity (Wildman–Crippen MR) is 136 cm³/mol. The Kier molecular flexibility index (Phi) is 7.66. The maximum atomic E-state index is 13.5. The van der Waals surface area contributed by atoms with Crippen LogP contribution in [0.4, 0.5) is 5.13 Å². The molecule has 0 aliphatic rings. The SMILES string of the molecule is CSc1ccc2nc(N(CCN(C)C)C(=O)c3sc4ccccc4c3Cl)sc2c1.Cl. The molecule has 0 aliphatic heterocycles. The zero-order valence-corrected chi connectivity index (χ0v) is 20.7. The number of hydrogen-bond donors (Lipinski definition) is 0. The van der Waals surface area contributed by atoms with Gasteiger partial charge in [-0.25, -0.2) is 4.98 Å². The lowest BCUT2D eigenvalue weighted by atomic mass is 10.2. The molecule has 0 bridgehead atoms. The third kappa shape index (κ3) is 4.61. The minimum absolute atomic E-state index is 0. The molecule has 2 aromatic carbocycles. The van der Waals surface area contributed by atoms with E-state index in [1.54, 1.807) is 28.0 Å². The molecule has 4 nitrogen and oxygen atoms in total. The summed E-state index contributed by atoms with van der Waals surface area (Å²) in [4.78, 5) is 23.9. The number of rotatable bonds is 6. The molecule has 4 rings (SSSR count). The maximum Gasteiger partial charge on any atom is 0.271 e. The average molecular weight is 499 g/mol. The molecule has 1 amide bonds. The van der Waals surface area contributed by atoms with Crippen molar-refractivity contribution in [3.05, 3.63) is 52.4 Å². The van der Waals surface area contributed by atoms with Crippen LogP contribution in [-0.4, -0.2) is 49.2 Å². The largest absolute Gasteiger partial charge is 0.308 e. The predicted octanol–water partition coefficient (Wildman–Crippen LogP) is 6.52. The molecule has 0 unspecified atom stereocenters. The van der Waals surface area contributed by atoms with E-state index < -0.39 is 0 Å². The minimum Gasteiger partial charge on any atom is -0.308 e. The summed E-state index contributed by atoms with van der Waals surface area (Å²) in [6, 6.07) is 14.1. The van der Waals surface area contributed by atoms with Gasteiger partial charge in [-0.05, 0) is 44.6 Å². The van der Waals surface area contributed by atoms with Crippen molar-refractivity contribution in [2.45, 2.75) is 4.90 Å². The van der Waals surface area contributed by atoms with Crippen LogP contribution >= 0.6 is 58.4 Å². The molecule has 30 heavy (non-hydrogen) atoms. The van der Waals surface area contributed by atoms with Crippen molar-refractivity contribution in [3.63, 3.8) is 0 Å². The van der Waals surface area contributed by atoms with Gasteiger partial charge in [-0.15, -0.1) is 35.5 Å². The van der Waals surface area contributed by atoms with Gasteiger partial charge in [-0.1, -0.05) is 41.1 Å². The Morgan fingerprint density at radius 1 is 1.10 bits per heavy atom.